The maximum atomic E-state index is 11.8. The highest BCUT2D eigenvalue weighted by Gasteiger charge is 2.45. The molecule has 5 unspecified atom stereocenters. The van der Waals surface area contributed by atoms with Crippen molar-refractivity contribution in [1.82, 2.24) is 0 Å². The van der Waals surface area contributed by atoms with E-state index in [0.29, 0.717) is 13.0 Å². The second-order valence-electron chi connectivity index (χ2n) is 5.61. The molecule has 0 saturated carbocycles. The lowest BCUT2D eigenvalue weighted by Gasteiger charge is -2.19. The van der Waals surface area contributed by atoms with Gasteiger partial charge in [-0.25, -0.2) is 9.59 Å². The molecule has 23 heavy (non-hydrogen) atoms. The van der Waals surface area contributed by atoms with Gasteiger partial charge in [-0.2, -0.15) is 0 Å². The molecule has 5 atom stereocenters. The molecule has 9 heteroatoms. The maximum absolute atomic E-state index is 11.8. The second kappa shape index (κ2) is 6.61. The summed E-state index contributed by atoms with van der Waals surface area (Å²) >= 11 is 0. The van der Waals surface area contributed by atoms with Gasteiger partial charge >= 0.3 is 18.3 Å². The molecular formula is C14H18O9. The standard InChI is InChI=1S/C14H18O9/c1-2-8-9(21-13(16)20-8)3-10-11(23-14(17)22-10)4-12(15)19-6-7-5-18-7/h7-11H,2-6H2,1H3. The Morgan fingerprint density at radius 1 is 1.04 bits per heavy atom. The Morgan fingerprint density at radius 2 is 1.61 bits per heavy atom. The van der Waals surface area contributed by atoms with Crippen molar-refractivity contribution in [2.75, 3.05) is 13.2 Å². The Bertz CT molecular complexity index is 487. The van der Waals surface area contributed by atoms with E-state index in [1.54, 1.807) is 0 Å². The summed E-state index contributed by atoms with van der Waals surface area (Å²) < 4.78 is 30.1. The maximum Gasteiger partial charge on any atom is 0.509 e. The third-order valence-corrected chi connectivity index (χ3v) is 3.89. The van der Waals surface area contributed by atoms with Gasteiger partial charge in [-0.1, -0.05) is 6.92 Å². The number of rotatable bonds is 7. The number of esters is 1. The molecular weight excluding hydrogens is 312 g/mol. The first kappa shape index (κ1) is 15.9. The molecule has 0 aromatic heterocycles. The van der Waals surface area contributed by atoms with E-state index in [2.05, 4.69) is 0 Å². The zero-order valence-corrected chi connectivity index (χ0v) is 12.6. The quantitative estimate of drug-likeness (QED) is 0.382. The van der Waals surface area contributed by atoms with Gasteiger partial charge < -0.3 is 28.4 Å². The van der Waals surface area contributed by atoms with Gasteiger partial charge in [0.25, 0.3) is 0 Å². The molecule has 9 nitrogen and oxygen atoms in total. The normalized spacial score (nSPS) is 35.1. The molecule has 3 rings (SSSR count). The van der Waals surface area contributed by atoms with Gasteiger partial charge in [0.1, 0.15) is 31.0 Å². The van der Waals surface area contributed by atoms with Crippen LogP contribution in [0.3, 0.4) is 0 Å². The smallest absolute Gasteiger partial charge is 0.463 e. The number of hydrogen-bond acceptors (Lipinski definition) is 9. The van der Waals surface area contributed by atoms with Crippen LogP contribution in [0.1, 0.15) is 26.2 Å². The highest BCUT2D eigenvalue weighted by molar-refractivity contribution is 5.72. The monoisotopic (exact) mass is 330 g/mol. The molecule has 3 aliphatic rings. The van der Waals surface area contributed by atoms with Crippen LogP contribution in [0.5, 0.6) is 0 Å². The Hall–Kier alpha value is -2.03. The minimum atomic E-state index is -0.850. The van der Waals surface area contributed by atoms with Crippen molar-refractivity contribution in [3.8, 4) is 0 Å². The second-order valence-corrected chi connectivity index (χ2v) is 5.61. The van der Waals surface area contributed by atoms with Crippen molar-refractivity contribution in [2.45, 2.75) is 56.7 Å². The molecule has 128 valence electrons. The lowest BCUT2D eigenvalue weighted by molar-refractivity contribution is -0.146. The van der Waals surface area contributed by atoms with Crippen LogP contribution in [0.25, 0.3) is 0 Å². The molecule has 0 aromatic carbocycles. The lowest BCUT2D eigenvalue weighted by atomic mass is 10.00. The molecule has 0 spiro atoms. The van der Waals surface area contributed by atoms with Crippen LogP contribution in [0.15, 0.2) is 0 Å². The Balaban J connectivity index is 1.52. The first-order valence-electron chi connectivity index (χ1n) is 7.57. The summed E-state index contributed by atoms with van der Waals surface area (Å²) in [6.07, 6.45) is -3.37. The largest absolute Gasteiger partial charge is 0.509 e. The fourth-order valence-corrected chi connectivity index (χ4v) is 2.57. The zero-order chi connectivity index (χ0) is 16.4. The summed E-state index contributed by atoms with van der Waals surface area (Å²) in [5.74, 6) is -0.500. The van der Waals surface area contributed by atoms with Crippen LogP contribution in [0.2, 0.25) is 0 Å². The van der Waals surface area contributed by atoms with E-state index in [1.807, 2.05) is 6.92 Å². The van der Waals surface area contributed by atoms with E-state index in [9.17, 15) is 14.4 Å². The van der Waals surface area contributed by atoms with Crippen LogP contribution in [0.4, 0.5) is 9.59 Å². The van der Waals surface area contributed by atoms with Crippen LogP contribution in [-0.2, 0) is 33.2 Å². The summed E-state index contributed by atoms with van der Waals surface area (Å²) in [6, 6.07) is 0. The molecule has 0 aromatic rings. The number of ether oxygens (including phenoxy) is 6. The van der Waals surface area contributed by atoms with Gasteiger partial charge in [-0.15, -0.1) is 0 Å². The highest BCUT2D eigenvalue weighted by Crippen LogP contribution is 2.29. The average molecular weight is 330 g/mol. The number of epoxide rings is 1. The van der Waals surface area contributed by atoms with Crippen LogP contribution < -0.4 is 0 Å². The van der Waals surface area contributed by atoms with E-state index in [1.165, 1.54) is 0 Å². The molecule has 0 bridgehead atoms. The molecule has 0 aliphatic carbocycles. The SMILES string of the molecule is CCC1OC(=O)OC1CC1OC(=O)OC1CC(=O)OCC1CO1. The van der Waals surface area contributed by atoms with E-state index >= 15 is 0 Å². The van der Waals surface area contributed by atoms with Crippen molar-refractivity contribution in [3.63, 3.8) is 0 Å². The summed E-state index contributed by atoms with van der Waals surface area (Å²) in [6.45, 7) is 2.63. The topological polar surface area (TPSA) is 110 Å². The van der Waals surface area contributed by atoms with Gasteiger partial charge in [0.15, 0.2) is 6.10 Å². The number of carbonyl (C=O) groups excluding carboxylic acids is 3. The molecule has 3 saturated heterocycles. The van der Waals surface area contributed by atoms with E-state index in [4.69, 9.17) is 28.4 Å². The molecule has 3 fully saturated rings. The van der Waals surface area contributed by atoms with Gasteiger partial charge in [-0.05, 0) is 6.42 Å². The average Bonchev–Trinajstić information content (AvgIpc) is 3.18. The Kier molecular flexibility index (Phi) is 4.56. The van der Waals surface area contributed by atoms with Crippen molar-refractivity contribution >= 4 is 18.3 Å². The predicted octanol–water partition coefficient (Wildman–Crippen LogP) is 0.927. The number of carbonyl (C=O) groups is 3. The van der Waals surface area contributed by atoms with Crippen molar-refractivity contribution in [2.24, 2.45) is 0 Å². The molecule has 3 aliphatic heterocycles. The van der Waals surface area contributed by atoms with Gasteiger partial charge in [0.2, 0.25) is 0 Å². The summed E-state index contributed by atoms with van der Waals surface area (Å²) in [4.78, 5) is 34.3. The fraction of sp³-hybridized carbons (Fsp3) is 0.786. The molecule has 0 N–H and O–H groups in total. The van der Waals surface area contributed by atoms with Gasteiger partial charge in [0.05, 0.1) is 13.0 Å². The van der Waals surface area contributed by atoms with Crippen molar-refractivity contribution < 1.29 is 42.8 Å². The molecule has 0 amide bonds. The first-order valence-corrected chi connectivity index (χ1v) is 7.57. The predicted molar refractivity (Wildman–Crippen MR) is 70.5 cm³/mol. The summed E-state index contributed by atoms with van der Waals surface area (Å²) in [7, 11) is 0. The third-order valence-electron chi connectivity index (χ3n) is 3.89. The summed E-state index contributed by atoms with van der Waals surface area (Å²) in [5, 5.41) is 0. The van der Waals surface area contributed by atoms with Crippen LogP contribution in [0, 0.1) is 0 Å². The van der Waals surface area contributed by atoms with Crippen molar-refractivity contribution in [1.29, 1.82) is 0 Å². The molecule has 0 radical (unpaired) electrons. The zero-order valence-electron chi connectivity index (χ0n) is 12.6. The number of cyclic esters (lactones) is 4. The highest BCUT2D eigenvalue weighted by atomic mass is 16.8. The lowest BCUT2D eigenvalue weighted by Crippen LogP contribution is -2.33. The fourth-order valence-electron chi connectivity index (χ4n) is 2.57. The molecule has 3 heterocycles. The van der Waals surface area contributed by atoms with Gasteiger partial charge in [0, 0.05) is 6.42 Å². The number of hydrogen-bond donors (Lipinski definition) is 0. The Morgan fingerprint density at radius 3 is 2.22 bits per heavy atom. The minimum absolute atomic E-state index is 0.0301. The Labute approximate surface area is 132 Å². The first-order chi connectivity index (χ1) is 11.0. The van der Waals surface area contributed by atoms with Crippen LogP contribution >= 0.6 is 0 Å². The van der Waals surface area contributed by atoms with Crippen molar-refractivity contribution in [3.05, 3.63) is 0 Å². The third kappa shape index (κ3) is 4.04. The van der Waals surface area contributed by atoms with Crippen LogP contribution in [-0.4, -0.2) is 62.0 Å². The van der Waals surface area contributed by atoms with E-state index < -0.39 is 42.7 Å². The van der Waals surface area contributed by atoms with E-state index in [-0.39, 0.29) is 25.6 Å². The van der Waals surface area contributed by atoms with E-state index in [0.717, 1.165) is 0 Å². The minimum Gasteiger partial charge on any atom is -0.463 e. The summed E-state index contributed by atoms with van der Waals surface area (Å²) in [5.41, 5.74) is 0. The van der Waals surface area contributed by atoms with Gasteiger partial charge in [-0.3, -0.25) is 4.79 Å².